The predicted octanol–water partition coefficient (Wildman–Crippen LogP) is 4.08. The zero-order valence-corrected chi connectivity index (χ0v) is 21.7. The number of carbonyl (C=O) groups is 2. The van der Waals surface area contributed by atoms with E-state index in [1.807, 2.05) is 24.3 Å². The van der Waals surface area contributed by atoms with E-state index in [1.54, 1.807) is 19.9 Å². The third-order valence-electron chi connectivity index (χ3n) is 4.64. The second-order valence-electron chi connectivity index (χ2n) is 7.06. The van der Waals surface area contributed by atoms with Crippen molar-refractivity contribution in [2.24, 2.45) is 0 Å². The third kappa shape index (κ3) is 6.84. The molecule has 0 aliphatic carbocycles. The largest absolute Gasteiger partial charge is 0.355 e. The molecule has 0 fully saturated rings. The molecule has 32 heavy (non-hydrogen) atoms. The number of anilines is 1. The first-order valence-corrected chi connectivity index (χ1v) is 13.1. The monoisotopic (exact) mass is 563 g/mol. The van der Waals surface area contributed by atoms with Gasteiger partial charge in [0.25, 0.3) is 0 Å². The Morgan fingerprint density at radius 2 is 1.81 bits per heavy atom. The highest BCUT2D eigenvalue weighted by Gasteiger charge is 2.30. The molecular weight excluding hydrogens is 541 g/mol. The summed E-state index contributed by atoms with van der Waals surface area (Å²) in [5.74, 6) is -0.910. The number of halogens is 3. The smallest absolute Gasteiger partial charge is 0.244 e. The van der Waals surface area contributed by atoms with Gasteiger partial charge in [-0.1, -0.05) is 57.3 Å². The Hall–Kier alpha value is -1.81. The lowest BCUT2D eigenvalue weighted by Crippen LogP contribution is -2.51. The number of rotatable bonds is 9. The molecule has 2 aromatic carbocycles. The molecule has 0 aromatic heterocycles. The lowest BCUT2D eigenvalue weighted by molar-refractivity contribution is -0.139. The average Bonchev–Trinajstić information content (AvgIpc) is 2.71. The van der Waals surface area contributed by atoms with E-state index >= 15 is 0 Å². The molecule has 0 bridgehead atoms. The zero-order valence-electron chi connectivity index (χ0n) is 17.8. The van der Waals surface area contributed by atoms with Gasteiger partial charge in [0.15, 0.2) is 0 Å². The molecule has 0 aliphatic rings. The van der Waals surface area contributed by atoms with Crippen LogP contribution in [-0.2, 0) is 26.2 Å². The van der Waals surface area contributed by atoms with Gasteiger partial charge in [0.1, 0.15) is 12.6 Å². The number of nitrogens with zero attached hydrogens (tertiary/aromatic N) is 2. The normalized spacial score (nSPS) is 12.2. The molecular formula is C21H24BrCl2N3O4S. The maximum Gasteiger partial charge on any atom is 0.244 e. The summed E-state index contributed by atoms with van der Waals surface area (Å²) in [6.45, 7) is 3.33. The molecule has 2 aromatic rings. The molecule has 1 unspecified atom stereocenters. The lowest BCUT2D eigenvalue weighted by atomic mass is 10.1. The van der Waals surface area contributed by atoms with Gasteiger partial charge in [0.05, 0.1) is 22.0 Å². The number of benzene rings is 2. The van der Waals surface area contributed by atoms with Crippen molar-refractivity contribution >= 4 is 66.7 Å². The Bertz CT molecular complexity index is 1100. The molecule has 0 heterocycles. The van der Waals surface area contributed by atoms with Crippen molar-refractivity contribution in [3.63, 3.8) is 0 Å². The van der Waals surface area contributed by atoms with Gasteiger partial charge in [-0.05, 0) is 43.7 Å². The van der Waals surface area contributed by atoms with E-state index in [0.717, 1.165) is 20.6 Å². The van der Waals surface area contributed by atoms with Crippen LogP contribution in [0.5, 0.6) is 0 Å². The van der Waals surface area contributed by atoms with Crippen LogP contribution in [0.3, 0.4) is 0 Å². The first-order valence-electron chi connectivity index (χ1n) is 9.69. The topological polar surface area (TPSA) is 86.8 Å². The summed E-state index contributed by atoms with van der Waals surface area (Å²) >= 11 is 15.7. The summed E-state index contributed by atoms with van der Waals surface area (Å²) in [6, 6.07) is 11.0. The minimum atomic E-state index is -3.89. The highest BCUT2D eigenvalue weighted by atomic mass is 79.9. The predicted molar refractivity (Wildman–Crippen MR) is 131 cm³/mol. The molecule has 1 N–H and O–H groups in total. The van der Waals surface area contributed by atoms with Crippen molar-refractivity contribution < 1.29 is 18.0 Å². The molecule has 0 saturated carbocycles. The van der Waals surface area contributed by atoms with Crippen LogP contribution in [0.2, 0.25) is 10.0 Å². The first kappa shape index (κ1) is 26.4. The van der Waals surface area contributed by atoms with Crippen molar-refractivity contribution in [2.45, 2.75) is 26.4 Å². The Morgan fingerprint density at radius 1 is 1.16 bits per heavy atom. The van der Waals surface area contributed by atoms with Gasteiger partial charge in [-0.25, -0.2) is 8.42 Å². The summed E-state index contributed by atoms with van der Waals surface area (Å²) in [5, 5.41) is 2.87. The van der Waals surface area contributed by atoms with E-state index in [2.05, 4.69) is 21.2 Å². The molecule has 2 rings (SSSR count). The molecule has 0 spiro atoms. The fraction of sp³-hybridized carbons (Fsp3) is 0.333. The highest BCUT2D eigenvalue weighted by Crippen LogP contribution is 2.33. The first-order chi connectivity index (χ1) is 15.0. The summed E-state index contributed by atoms with van der Waals surface area (Å²) in [7, 11) is -3.89. The molecule has 0 saturated heterocycles. The van der Waals surface area contributed by atoms with E-state index in [1.165, 1.54) is 17.0 Å². The van der Waals surface area contributed by atoms with Gasteiger partial charge < -0.3 is 10.2 Å². The van der Waals surface area contributed by atoms with Crippen molar-refractivity contribution in [2.75, 3.05) is 23.7 Å². The number of hydrogen-bond donors (Lipinski definition) is 1. The van der Waals surface area contributed by atoms with Crippen LogP contribution in [0.25, 0.3) is 0 Å². The molecule has 7 nitrogen and oxygen atoms in total. The van der Waals surface area contributed by atoms with E-state index in [9.17, 15) is 18.0 Å². The van der Waals surface area contributed by atoms with Gasteiger partial charge >= 0.3 is 0 Å². The number of carbonyl (C=O) groups excluding carboxylic acids is 2. The fourth-order valence-corrected chi connectivity index (χ4v) is 4.77. The SMILES string of the molecule is CCNC(=O)C(C)N(Cc1cccc(Br)c1)C(=O)CN(c1cccc(Cl)c1Cl)S(C)(=O)=O. The van der Waals surface area contributed by atoms with Gasteiger partial charge in [0.2, 0.25) is 21.8 Å². The standard InChI is InChI=1S/C21H24BrCl2N3O4S/c1-4-25-21(29)14(2)26(12-15-7-5-8-16(22)11-15)19(28)13-27(32(3,30)31)18-10-6-9-17(23)20(18)24/h5-11,14H,4,12-13H2,1-3H3,(H,25,29). The summed E-state index contributed by atoms with van der Waals surface area (Å²) < 4.78 is 26.8. The second-order valence-corrected chi connectivity index (χ2v) is 10.7. The van der Waals surface area contributed by atoms with Gasteiger partial charge in [-0.2, -0.15) is 0 Å². The number of hydrogen-bond acceptors (Lipinski definition) is 4. The minimum absolute atomic E-state index is 0.0164. The van der Waals surface area contributed by atoms with E-state index in [-0.39, 0.29) is 28.2 Å². The summed E-state index contributed by atoms with van der Waals surface area (Å²) in [5.41, 5.74) is 0.860. The Kier molecular flexibility index (Phi) is 9.39. The third-order valence-corrected chi connectivity index (χ3v) is 7.07. The Balaban J connectivity index is 2.43. The van der Waals surface area contributed by atoms with E-state index in [4.69, 9.17) is 23.2 Å². The minimum Gasteiger partial charge on any atom is -0.355 e. The average molecular weight is 565 g/mol. The fourth-order valence-electron chi connectivity index (χ4n) is 3.02. The maximum absolute atomic E-state index is 13.4. The van der Waals surface area contributed by atoms with Crippen molar-refractivity contribution in [1.29, 1.82) is 0 Å². The van der Waals surface area contributed by atoms with Gasteiger partial charge in [-0.3, -0.25) is 13.9 Å². The van der Waals surface area contributed by atoms with Crippen LogP contribution < -0.4 is 9.62 Å². The highest BCUT2D eigenvalue weighted by molar-refractivity contribution is 9.10. The lowest BCUT2D eigenvalue weighted by Gasteiger charge is -2.31. The van der Waals surface area contributed by atoms with Crippen molar-refractivity contribution in [3.05, 3.63) is 62.5 Å². The van der Waals surface area contributed by atoms with Crippen molar-refractivity contribution in [1.82, 2.24) is 10.2 Å². The van der Waals surface area contributed by atoms with Gasteiger partial charge in [0, 0.05) is 17.6 Å². The van der Waals surface area contributed by atoms with E-state index in [0.29, 0.717) is 6.54 Å². The Labute approximate surface area is 206 Å². The number of amides is 2. The number of likely N-dealkylation sites (N-methyl/N-ethyl adjacent to an activating group) is 1. The van der Waals surface area contributed by atoms with Crippen molar-refractivity contribution in [3.8, 4) is 0 Å². The van der Waals surface area contributed by atoms with E-state index < -0.39 is 28.5 Å². The van der Waals surface area contributed by atoms with Crippen LogP contribution in [0, 0.1) is 0 Å². The quantitative estimate of drug-likeness (QED) is 0.497. The molecule has 174 valence electrons. The molecule has 0 aliphatic heterocycles. The molecule has 1 atom stereocenters. The van der Waals surface area contributed by atoms with Crippen LogP contribution in [0.1, 0.15) is 19.4 Å². The van der Waals surface area contributed by atoms with Gasteiger partial charge in [-0.15, -0.1) is 0 Å². The number of sulfonamides is 1. The van der Waals surface area contributed by atoms with Crippen LogP contribution in [0.4, 0.5) is 5.69 Å². The molecule has 0 radical (unpaired) electrons. The summed E-state index contributed by atoms with van der Waals surface area (Å²) in [4.78, 5) is 27.2. The van der Waals surface area contributed by atoms with Crippen LogP contribution in [-0.4, -0.2) is 50.5 Å². The van der Waals surface area contributed by atoms with Crippen LogP contribution in [0.15, 0.2) is 46.9 Å². The molecule has 2 amide bonds. The number of nitrogens with one attached hydrogen (secondary N) is 1. The summed E-state index contributed by atoms with van der Waals surface area (Å²) in [6.07, 6.45) is 0.976. The second kappa shape index (κ2) is 11.4. The Morgan fingerprint density at radius 3 is 2.41 bits per heavy atom. The zero-order chi connectivity index (χ0) is 24.1. The molecule has 11 heteroatoms. The maximum atomic E-state index is 13.4. The van der Waals surface area contributed by atoms with Crippen LogP contribution >= 0.6 is 39.1 Å².